The normalized spacial score (nSPS) is 12.1. The summed E-state index contributed by atoms with van der Waals surface area (Å²) in [6.45, 7) is 4.22. The molecule has 3 rings (SSSR count). The van der Waals surface area contributed by atoms with E-state index in [2.05, 4.69) is 10.0 Å². The van der Waals surface area contributed by atoms with Crippen molar-refractivity contribution in [3.8, 4) is 11.5 Å². The molecule has 0 aliphatic heterocycles. The molecule has 0 bridgehead atoms. The number of sulfonamides is 1. The molecule has 0 heterocycles. The van der Waals surface area contributed by atoms with Crippen molar-refractivity contribution in [2.75, 3.05) is 19.0 Å². The van der Waals surface area contributed by atoms with Crippen molar-refractivity contribution in [3.05, 3.63) is 83.9 Å². The Morgan fingerprint density at radius 2 is 1.70 bits per heavy atom. The van der Waals surface area contributed by atoms with Crippen LogP contribution >= 0.6 is 0 Å². The number of hydrogen-bond acceptors (Lipinski definition) is 5. The number of hydrogen-bond donors (Lipinski definition) is 2. The van der Waals surface area contributed by atoms with E-state index in [1.165, 1.54) is 19.2 Å². The van der Waals surface area contributed by atoms with E-state index in [-0.39, 0.29) is 11.3 Å². The first kappa shape index (κ1) is 24.3. The van der Waals surface area contributed by atoms with Crippen molar-refractivity contribution in [1.29, 1.82) is 0 Å². The maximum Gasteiger partial charge on any atom is 0.243 e. The average Bonchev–Trinajstić information content (AvgIpc) is 2.80. The molecule has 2 N–H and O–H groups in total. The number of nitrogens with one attached hydrogen (secondary N) is 2. The van der Waals surface area contributed by atoms with Crippen LogP contribution in [-0.4, -0.2) is 34.1 Å². The highest BCUT2D eigenvalue weighted by Crippen LogP contribution is 2.26. The molecule has 1 atom stereocenters. The SMILES string of the molecule is CCOc1ccc(S(=O)(=O)NC(Cc2ccccc2)C(=O)Nc2cc(C)ccc2OC)cc1. The van der Waals surface area contributed by atoms with Crippen molar-refractivity contribution >= 4 is 21.6 Å². The predicted molar refractivity (Wildman–Crippen MR) is 128 cm³/mol. The Kier molecular flexibility index (Phi) is 8.08. The molecular formula is C25H28N2O5S. The third kappa shape index (κ3) is 6.57. The molecule has 3 aromatic rings. The van der Waals surface area contributed by atoms with Crippen molar-refractivity contribution in [2.24, 2.45) is 0 Å². The summed E-state index contributed by atoms with van der Waals surface area (Å²) in [5, 5.41) is 2.81. The van der Waals surface area contributed by atoms with E-state index in [1.807, 2.05) is 50.2 Å². The highest BCUT2D eigenvalue weighted by Gasteiger charge is 2.27. The zero-order valence-electron chi connectivity index (χ0n) is 18.9. The van der Waals surface area contributed by atoms with Gasteiger partial charge in [-0.2, -0.15) is 4.72 Å². The van der Waals surface area contributed by atoms with Gasteiger partial charge in [0.2, 0.25) is 15.9 Å². The molecule has 0 aliphatic carbocycles. The van der Waals surface area contributed by atoms with Gasteiger partial charge in [-0.1, -0.05) is 36.4 Å². The average molecular weight is 469 g/mol. The molecule has 1 amide bonds. The van der Waals surface area contributed by atoms with Crippen molar-refractivity contribution in [1.82, 2.24) is 4.72 Å². The smallest absolute Gasteiger partial charge is 0.243 e. The van der Waals surface area contributed by atoms with Crippen LogP contribution in [0, 0.1) is 6.92 Å². The Morgan fingerprint density at radius 1 is 1.00 bits per heavy atom. The largest absolute Gasteiger partial charge is 0.495 e. The minimum absolute atomic E-state index is 0.0463. The van der Waals surface area contributed by atoms with Crippen LogP contribution in [0.2, 0.25) is 0 Å². The van der Waals surface area contributed by atoms with E-state index < -0.39 is 22.0 Å². The summed E-state index contributed by atoms with van der Waals surface area (Å²) in [5.74, 6) is 0.570. The van der Waals surface area contributed by atoms with Crippen LogP contribution in [0.15, 0.2) is 77.7 Å². The number of benzene rings is 3. The predicted octanol–water partition coefficient (Wildman–Crippen LogP) is 3.93. The topological polar surface area (TPSA) is 93.7 Å². The van der Waals surface area contributed by atoms with Gasteiger partial charge in [0.25, 0.3) is 0 Å². The van der Waals surface area contributed by atoms with E-state index in [9.17, 15) is 13.2 Å². The molecule has 0 spiro atoms. The van der Waals surface area contributed by atoms with E-state index in [4.69, 9.17) is 9.47 Å². The highest BCUT2D eigenvalue weighted by atomic mass is 32.2. The second-order valence-electron chi connectivity index (χ2n) is 7.46. The fourth-order valence-corrected chi connectivity index (χ4v) is 4.51. The molecule has 0 radical (unpaired) electrons. The Labute approximate surface area is 194 Å². The zero-order valence-corrected chi connectivity index (χ0v) is 19.7. The van der Waals surface area contributed by atoms with Crippen molar-refractivity contribution < 1.29 is 22.7 Å². The standard InChI is InChI=1S/C25H28N2O5S/c1-4-32-20-11-13-21(14-12-20)33(29,30)27-23(17-19-8-6-5-7-9-19)25(28)26-22-16-18(2)10-15-24(22)31-3/h5-16,23,27H,4,17H2,1-3H3,(H,26,28). The number of carbonyl (C=O) groups excluding carboxylic acids is 1. The van der Waals surface area contributed by atoms with Gasteiger partial charge in [-0.3, -0.25) is 4.79 Å². The van der Waals surface area contributed by atoms with E-state index in [0.29, 0.717) is 23.8 Å². The Balaban J connectivity index is 1.87. The lowest BCUT2D eigenvalue weighted by atomic mass is 10.1. The van der Waals surface area contributed by atoms with E-state index >= 15 is 0 Å². The minimum atomic E-state index is -3.97. The van der Waals surface area contributed by atoms with Crippen molar-refractivity contribution in [3.63, 3.8) is 0 Å². The van der Waals surface area contributed by atoms with Gasteiger partial charge in [0, 0.05) is 0 Å². The summed E-state index contributed by atoms with van der Waals surface area (Å²) in [7, 11) is -2.46. The van der Waals surface area contributed by atoms with Gasteiger partial charge in [-0.15, -0.1) is 0 Å². The fraction of sp³-hybridized carbons (Fsp3) is 0.240. The van der Waals surface area contributed by atoms with Gasteiger partial charge >= 0.3 is 0 Å². The van der Waals surface area contributed by atoms with Gasteiger partial charge in [0.15, 0.2) is 0 Å². The molecule has 0 saturated carbocycles. The summed E-state index contributed by atoms with van der Waals surface area (Å²) < 4.78 is 39.4. The van der Waals surface area contributed by atoms with E-state index in [1.54, 1.807) is 24.3 Å². The number of carbonyl (C=O) groups is 1. The summed E-state index contributed by atoms with van der Waals surface area (Å²) in [4.78, 5) is 13.3. The molecule has 174 valence electrons. The maximum absolute atomic E-state index is 13.2. The molecule has 33 heavy (non-hydrogen) atoms. The number of ether oxygens (including phenoxy) is 2. The highest BCUT2D eigenvalue weighted by molar-refractivity contribution is 7.89. The van der Waals surface area contributed by atoms with Gasteiger partial charge in [-0.05, 0) is 67.8 Å². The Hall–Kier alpha value is -3.36. The van der Waals surface area contributed by atoms with Crippen LogP contribution in [-0.2, 0) is 21.2 Å². The number of methoxy groups -OCH3 is 1. The number of amides is 1. The second-order valence-corrected chi connectivity index (χ2v) is 9.17. The van der Waals surface area contributed by atoms with Crippen LogP contribution in [0.1, 0.15) is 18.1 Å². The van der Waals surface area contributed by atoms with Crippen LogP contribution in [0.25, 0.3) is 0 Å². The molecule has 1 unspecified atom stereocenters. The van der Waals surface area contributed by atoms with Gasteiger partial charge in [-0.25, -0.2) is 8.42 Å². The zero-order chi connectivity index (χ0) is 23.8. The van der Waals surface area contributed by atoms with Gasteiger partial charge in [0.1, 0.15) is 17.5 Å². The molecule has 0 fully saturated rings. The van der Waals surface area contributed by atoms with Crippen LogP contribution in [0.3, 0.4) is 0 Å². The van der Waals surface area contributed by atoms with Crippen LogP contribution < -0.4 is 19.5 Å². The molecule has 0 aromatic heterocycles. The number of rotatable bonds is 10. The second kappa shape index (κ2) is 11.0. The molecular weight excluding hydrogens is 440 g/mol. The molecule has 7 nitrogen and oxygen atoms in total. The molecule has 8 heteroatoms. The minimum Gasteiger partial charge on any atom is -0.495 e. The van der Waals surface area contributed by atoms with Gasteiger partial charge in [0.05, 0.1) is 24.3 Å². The molecule has 0 saturated heterocycles. The van der Waals surface area contributed by atoms with Crippen molar-refractivity contribution in [2.45, 2.75) is 31.2 Å². The monoisotopic (exact) mass is 468 g/mol. The van der Waals surface area contributed by atoms with Crippen LogP contribution in [0.5, 0.6) is 11.5 Å². The first-order valence-electron chi connectivity index (χ1n) is 10.6. The Morgan fingerprint density at radius 3 is 2.33 bits per heavy atom. The molecule has 0 aliphatic rings. The quantitative estimate of drug-likeness (QED) is 0.470. The first-order valence-corrected chi connectivity index (χ1v) is 12.1. The summed E-state index contributed by atoms with van der Waals surface area (Å²) in [5.41, 5.74) is 2.23. The van der Waals surface area contributed by atoms with E-state index in [0.717, 1.165) is 11.1 Å². The number of aryl methyl sites for hydroxylation is 1. The maximum atomic E-state index is 13.2. The first-order chi connectivity index (χ1) is 15.8. The molecule has 3 aromatic carbocycles. The summed E-state index contributed by atoms with van der Waals surface area (Å²) >= 11 is 0. The third-order valence-electron chi connectivity index (χ3n) is 4.95. The lowest BCUT2D eigenvalue weighted by Gasteiger charge is -2.20. The number of anilines is 1. The fourth-order valence-electron chi connectivity index (χ4n) is 3.31. The summed E-state index contributed by atoms with van der Waals surface area (Å²) in [6.07, 6.45) is 0.178. The van der Waals surface area contributed by atoms with Crippen LogP contribution in [0.4, 0.5) is 5.69 Å². The summed E-state index contributed by atoms with van der Waals surface area (Å²) in [6, 6.07) is 19.7. The third-order valence-corrected chi connectivity index (χ3v) is 6.44. The Bertz CT molecular complexity index is 1180. The lowest BCUT2D eigenvalue weighted by molar-refractivity contribution is -0.117. The van der Waals surface area contributed by atoms with Gasteiger partial charge < -0.3 is 14.8 Å². The lowest BCUT2D eigenvalue weighted by Crippen LogP contribution is -2.45.